The number of thiazole rings is 1. The molecular formula is C11H7N3OS. The van der Waals surface area contributed by atoms with Crippen LogP contribution in [-0.2, 0) is 0 Å². The number of para-hydroxylation sites is 1. The first-order valence-electron chi connectivity index (χ1n) is 4.72. The van der Waals surface area contributed by atoms with Gasteiger partial charge in [0.1, 0.15) is 6.33 Å². The lowest BCUT2D eigenvalue weighted by atomic mass is 10.2. The molecule has 2 aromatic heterocycles. The Morgan fingerprint density at radius 3 is 2.88 bits per heavy atom. The van der Waals surface area contributed by atoms with Gasteiger partial charge in [-0.1, -0.05) is 12.1 Å². The van der Waals surface area contributed by atoms with Gasteiger partial charge in [-0.2, -0.15) is 0 Å². The summed E-state index contributed by atoms with van der Waals surface area (Å²) in [5.41, 5.74) is 0.626. The van der Waals surface area contributed by atoms with Gasteiger partial charge in [-0.3, -0.25) is 4.79 Å². The van der Waals surface area contributed by atoms with E-state index in [0.29, 0.717) is 16.0 Å². The molecule has 2 heterocycles. The van der Waals surface area contributed by atoms with E-state index in [-0.39, 0.29) is 5.56 Å². The van der Waals surface area contributed by atoms with Gasteiger partial charge in [-0.05, 0) is 12.1 Å². The van der Waals surface area contributed by atoms with Crippen LogP contribution in [0.2, 0.25) is 0 Å². The molecule has 4 nitrogen and oxygen atoms in total. The minimum Gasteiger partial charge on any atom is -0.268 e. The van der Waals surface area contributed by atoms with Crippen molar-refractivity contribution in [2.75, 3.05) is 0 Å². The summed E-state index contributed by atoms with van der Waals surface area (Å²) in [6.07, 6.45) is 3.19. The molecule has 0 saturated carbocycles. The number of rotatable bonds is 1. The monoisotopic (exact) mass is 229 g/mol. The lowest BCUT2D eigenvalue weighted by Gasteiger charge is -2.01. The van der Waals surface area contributed by atoms with Gasteiger partial charge in [0, 0.05) is 11.6 Å². The molecule has 0 fully saturated rings. The number of hydrogen-bond donors (Lipinski definition) is 0. The number of fused-ring (bicyclic) bond motifs is 1. The number of nitrogens with zero attached hydrogens (tertiary/aromatic N) is 3. The van der Waals surface area contributed by atoms with Crippen molar-refractivity contribution in [3.63, 3.8) is 0 Å². The third-order valence-corrected chi connectivity index (χ3v) is 3.06. The lowest BCUT2D eigenvalue weighted by Crippen LogP contribution is -2.18. The van der Waals surface area contributed by atoms with E-state index in [0.717, 1.165) is 0 Å². The van der Waals surface area contributed by atoms with Gasteiger partial charge in [-0.25, -0.2) is 14.5 Å². The first kappa shape index (κ1) is 9.23. The summed E-state index contributed by atoms with van der Waals surface area (Å²) in [4.78, 5) is 20.4. The van der Waals surface area contributed by atoms with Gasteiger partial charge in [0.2, 0.25) is 0 Å². The molecule has 0 aliphatic rings. The van der Waals surface area contributed by atoms with Gasteiger partial charge >= 0.3 is 0 Å². The molecule has 16 heavy (non-hydrogen) atoms. The SMILES string of the molecule is O=c1c2ccccc2ncn1-c1nccs1. The Balaban J connectivity index is 2.37. The summed E-state index contributed by atoms with van der Waals surface area (Å²) in [5, 5.41) is 3.08. The van der Waals surface area contributed by atoms with Crippen LogP contribution in [0.1, 0.15) is 0 Å². The smallest absolute Gasteiger partial charge is 0.267 e. The highest BCUT2D eigenvalue weighted by Gasteiger charge is 2.06. The molecule has 0 atom stereocenters. The van der Waals surface area contributed by atoms with Crippen LogP contribution in [0.3, 0.4) is 0 Å². The van der Waals surface area contributed by atoms with Gasteiger partial charge in [0.05, 0.1) is 10.9 Å². The minimum absolute atomic E-state index is 0.0828. The average molecular weight is 229 g/mol. The second-order valence-electron chi connectivity index (χ2n) is 3.25. The Hall–Kier alpha value is -2.01. The Morgan fingerprint density at radius 2 is 2.06 bits per heavy atom. The lowest BCUT2D eigenvalue weighted by molar-refractivity contribution is 0.948. The van der Waals surface area contributed by atoms with Crippen LogP contribution >= 0.6 is 11.3 Å². The van der Waals surface area contributed by atoms with E-state index in [1.54, 1.807) is 12.3 Å². The van der Waals surface area contributed by atoms with Crippen molar-refractivity contribution < 1.29 is 0 Å². The van der Waals surface area contributed by atoms with E-state index in [1.165, 1.54) is 22.2 Å². The molecule has 0 N–H and O–H groups in total. The zero-order chi connectivity index (χ0) is 11.0. The fourth-order valence-corrected chi connectivity index (χ4v) is 2.15. The first-order valence-corrected chi connectivity index (χ1v) is 5.60. The van der Waals surface area contributed by atoms with E-state index >= 15 is 0 Å². The predicted octanol–water partition coefficient (Wildman–Crippen LogP) is 1.84. The molecule has 3 rings (SSSR count). The van der Waals surface area contributed by atoms with Crippen molar-refractivity contribution in [1.82, 2.24) is 14.5 Å². The molecule has 1 aromatic carbocycles. The molecule has 0 spiro atoms. The molecule has 3 aromatic rings. The van der Waals surface area contributed by atoms with Crippen molar-refractivity contribution >= 4 is 22.2 Å². The maximum absolute atomic E-state index is 12.1. The highest BCUT2D eigenvalue weighted by atomic mass is 32.1. The number of aromatic nitrogens is 3. The zero-order valence-electron chi connectivity index (χ0n) is 8.20. The summed E-state index contributed by atoms with van der Waals surface area (Å²) >= 11 is 1.41. The Kier molecular flexibility index (Phi) is 2.04. The average Bonchev–Trinajstić information content (AvgIpc) is 2.83. The summed E-state index contributed by atoms with van der Waals surface area (Å²) < 4.78 is 1.47. The molecule has 0 amide bonds. The van der Waals surface area contributed by atoms with Gasteiger partial charge in [0.15, 0.2) is 5.13 Å². The van der Waals surface area contributed by atoms with E-state index in [2.05, 4.69) is 9.97 Å². The van der Waals surface area contributed by atoms with Gasteiger partial charge in [-0.15, -0.1) is 11.3 Å². The van der Waals surface area contributed by atoms with Crippen LogP contribution in [-0.4, -0.2) is 14.5 Å². The zero-order valence-corrected chi connectivity index (χ0v) is 9.02. The second kappa shape index (κ2) is 3.53. The third kappa shape index (κ3) is 1.33. The fourth-order valence-electron chi connectivity index (χ4n) is 1.54. The molecule has 0 aliphatic heterocycles. The molecule has 0 saturated heterocycles. The Bertz CT molecular complexity index is 688. The molecule has 0 aliphatic carbocycles. The van der Waals surface area contributed by atoms with Crippen molar-refractivity contribution in [2.45, 2.75) is 0 Å². The van der Waals surface area contributed by atoms with Crippen LogP contribution in [0.15, 0.2) is 47.0 Å². The van der Waals surface area contributed by atoms with E-state index in [4.69, 9.17) is 0 Å². The Labute approximate surface area is 94.8 Å². The minimum atomic E-state index is -0.0828. The maximum Gasteiger partial charge on any atom is 0.267 e. The van der Waals surface area contributed by atoms with E-state index in [9.17, 15) is 4.79 Å². The fraction of sp³-hybridized carbons (Fsp3) is 0. The van der Waals surface area contributed by atoms with Gasteiger partial charge in [0.25, 0.3) is 5.56 Å². The highest BCUT2D eigenvalue weighted by Crippen LogP contribution is 2.10. The van der Waals surface area contributed by atoms with Crippen molar-refractivity contribution in [3.05, 3.63) is 52.5 Å². The second-order valence-corrected chi connectivity index (χ2v) is 4.12. The van der Waals surface area contributed by atoms with Crippen LogP contribution in [0, 0.1) is 0 Å². The van der Waals surface area contributed by atoms with Crippen LogP contribution in [0.4, 0.5) is 0 Å². The highest BCUT2D eigenvalue weighted by molar-refractivity contribution is 7.12. The molecule has 0 radical (unpaired) electrons. The van der Waals surface area contributed by atoms with E-state index < -0.39 is 0 Å². The third-order valence-electron chi connectivity index (χ3n) is 2.29. The summed E-state index contributed by atoms with van der Waals surface area (Å²) in [6.45, 7) is 0. The van der Waals surface area contributed by atoms with Crippen molar-refractivity contribution in [1.29, 1.82) is 0 Å². The van der Waals surface area contributed by atoms with Crippen molar-refractivity contribution in [3.8, 4) is 5.13 Å². The van der Waals surface area contributed by atoms with Crippen molar-refractivity contribution in [2.24, 2.45) is 0 Å². The van der Waals surface area contributed by atoms with Crippen LogP contribution < -0.4 is 5.56 Å². The topological polar surface area (TPSA) is 47.8 Å². The number of benzene rings is 1. The largest absolute Gasteiger partial charge is 0.268 e. The van der Waals surface area contributed by atoms with Gasteiger partial charge < -0.3 is 0 Å². The normalized spacial score (nSPS) is 10.8. The predicted molar refractivity (Wildman–Crippen MR) is 63.0 cm³/mol. The van der Waals surface area contributed by atoms with Crippen LogP contribution in [0.25, 0.3) is 16.0 Å². The Morgan fingerprint density at radius 1 is 1.19 bits per heavy atom. The number of hydrogen-bond acceptors (Lipinski definition) is 4. The molecular weight excluding hydrogens is 222 g/mol. The van der Waals surface area contributed by atoms with Crippen LogP contribution in [0.5, 0.6) is 0 Å². The standard InChI is InChI=1S/C11H7N3OS/c15-10-8-3-1-2-4-9(8)13-7-14(10)11-12-5-6-16-11/h1-7H. The summed E-state index contributed by atoms with van der Waals surface area (Å²) in [7, 11) is 0. The maximum atomic E-state index is 12.1. The molecule has 5 heteroatoms. The quantitative estimate of drug-likeness (QED) is 0.639. The van der Waals surface area contributed by atoms with E-state index in [1.807, 2.05) is 23.6 Å². The molecule has 78 valence electrons. The molecule has 0 unspecified atom stereocenters. The first-order chi connectivity index (χ1) is 7.86. The summed E-state index contributed by atoms with van der Waals surface area (Å²) in [6, 6.07) is 7.29. The molecule has 0 bridgehead atoms. The summed E-state index contributed by atoms with van der Waals surface area (Å²) in [5.74, 6) is 0.